The summed E-state index contributed by atoms with van der Waals surface area (Å²) in [4.78, 5) is 25.7. The van der Waals surface area contributed by atoms with E-state index in [9.17, 15) is 22.8 Å². The van der Waals surface area contributed by atoms with Crippen LogP contribution in [0.15, 0.2) is 65.0 Å². The van der Waals surface area contributed by atoms with Crippen LogP contribution in [0.3, 0.4) is 0 Å². The minimum Gasteiger partial charge on any atom is -0.493 e. The Morgan fingerprint density at radius 2 is 1.86 bits per heavy atom. The molecule has 0 aromatic heterocycles. The number of halogens is 3. The molecule has 2 aromatic rings. The number of allylic oxidation sites excluding steroid dienone is 3. The number of benzene rings is 2. The average molecular weight is 502 g/mol. The van der Waals surface area contributed by atoms with Gasteiger partial charge in [-0.2, -0.15) is 13.2 Å². The summed E-state index contributed by atoms with van der Waals surface area (Å²) in [6.07, 6.45) is -2.64. The molecule has 0 spiro atoms. The standard InChI is InChI=1S/C27H26F3NO5/c1-15-23(26(33)35-3)24(25-19(31-15)8-5-9-20(25)32)17-10-11-21(22(13-17)34-2)36-14-16-6-4-7-18(12-16)27(28,29)30/h4,6-7,10-13,24,31H,5,8-9,14H2,1-3H3/t24-/m1/s1. The fourth-order valence-corrected chi connectivity index (χ4v) is 4.68. The Bertz CT molecular complexity index is 1260. The Morgan fingerprint density at radius 3 is 2.56 bits per heavy atom. The Balaban J connectivity index is 1.68. The van der Waals surface area contributed by atoms with Gasteiger partial charge in [-0.3, -0.25) is 4.79 Å². The van der Waals surface area contributed by atoms with Gasteiger partial charge < -0.3 is 19.5 Å². The van der Waals surface area contributed by atoms with Crippen LogP contribution < -0.4 is 14.8 Å². The lowest BCUT2D eigenvalue weighted by Crippen LogP contribution is -2.34. The molecule has 2 aromatic carbocycles. The number of dihydropyridines is 1. The molecule has 0 amide bonds. The van der Waals surface area contributed by atoms with Crippen molar-refractivity contribution in [2.24, 2.45) is 0 Å². The van der Waals surface area contributed by atoms with Crippen LogP contribution in [-0.2, 0) is 27.1 Å². The molecule has 0 bridgehead atoms. The second kappa shape index (κ2) is 10.1. The van der Waals surface area contributed by atoms with E-state index in [1.54, 1.807) is 31.2 Å². The number of Topliss-reactive ketones (excluding diaryl/α,β-unsaturated/α-hetero) is 1. The molecule has 1 N–H and O–H groups in total. The van der Waals surface area contributed by atoms with Gasteiger partial charge in [0.1, 0.15) is 6.61 Å². The third kappa shape index (κ3) is 4.96. The molecule has 4 rings (SSSR count). The SMILES string of the molecule is COC(=O)C1=C(C)NC2=C(C(=O)CCC2)[C@@H]1c1ccc(OCc2cccc(C(F)(F)F)c2)c(OC)c1. The van der Waals surface area contributed by atoms with Crippen LogP contribution in [-0.4, -0.2) is 26.0 Å². The van der Waals surface area contributed by atoms with Crippen molar-refractivity contribution >= 4 is 11.8 Å². The van der Waals surface area contributed by atoms with Crippen molar-refractivity contribution in [1.82, 2.24) is 5.32 Å². The maximum absolute atomic E-state index is 13.0. The van der Waals surface area contributed by atoms with Crippen LogP contribution in [0.4, 0.5) is 13.2 Å². The second-order valence-electron chi connectivity index (χ2n) is 8.65. The number of rotatable bonds is 6. The normalized spacial score (nSPS) is 17.9. The van der Waals surface area contributed by atoms with Crippen molar-refractivity contribution in [2.75, 3.05) is 14.2 Å². The molecule has 0 fully saturated rings. The summed E-state index contributed by atoms with van der Waals surface area (Å²) in [5.74, 6) is -0.583. The molecule has 0 radical (unpaired) electrons. The summed E-state index contributed by atoms with van der Waals surface area (Å²) in [6.45, 7) is 1.67. The van der Waals surface area contributed by atoms with Gasteiger partial charge in [0.05, 0.1) is 25.4 Å². The van der Waals surface area contributed by atoms with Crippen LogP contribution >= 0.6 is 0 Å². The number of esters is 1. The van der Waals surface area contributed by atoms with E-state index < -0.39 is 23.6 Å². The smallest absolute Gasteiger partial charge is 0.416 e. The number of nitrogens with one attached hydrogen (secondary N) is 1. The highest BCUT2D eigenvalue weighted by atomic mass is 19.4. The molecule has 36 heavy (non-hydrogen) atoms. The maximum atomic E-state index is 13.0. The van der Waals surface area contributed by atoms with E-state index >= 15 is 0 Å². The molecule has 1 atom stereocenters. The molecule has 1 aliphatic carbocycles. The minimum atomic E-state index is -4.45. The summed E-state index contributed by atoms with van der Waals surface area (Å²) in [6, 6.07) is 9.94. The molecule has 1 aliphatic heterocycles. The molecule has 190 valence electrons. The van der Waals surface area contributed by atoms with Gasteiger partial charge in [-0.1, -0.05) is 18.2 Å². The summed E-state index contributed by atoms with van der Waals surface area (Å²) in [5, 5.41) is 3.21. The van der Waals surface area contributed by atoms with Gasteiger partial charge in [-0.25, -0.2) is 4.79 Å². The fraction of sp³-hybridized carbons (Fsp3) is 0.333. The van der Waals surface area contributed by atoms with E-state index in [-0.39, 0.29) is 12.4 Å². The predicted octanol–water partition coefficient (Wildman–Crippen LogP) is 5.43. The van der Waals surface area contributed by atoms with Crippen molar-refractivity contribution in [1.29, 1.82) is 0 Å². The van der Waals surface area contributed by atoms with Crippen molar-refractivity contribution in [3.05, 3.63) is 81.7 Å². The topological polar surface area (TPSA) is 73.9 Å². The van der Waals surface area contributed by atoms with E-state index in [1.807, 2.05) is 0 Å². The maximum Gasteiger partial charge on any atom is 0.416 e. The zero-order valence-corrected chi connectivity index (χ0v) is 20.1. The molecule has 0 unspecified atom stereocenters. The number of ether oxygens (including phenoxy) is 3. The third-order valence-corrected chi connectivity index (χ3v) is 6.35. The lowest BCUT2D eigenvalue weighted by atomic mass is 9.75. The molecule has 2 aliphatic rings. The first kappa shape index (κ1) is 25.3. The van der Waals surface area contributed by atoms with E-state index in [0.717, 1.165) is 24.3 Å². The van der Waals surface area contributed by atoms with Crippen LogP contribution in [0.2, 0.25) is 0 Å². The molecule has 0 saturated heterocycles. The second-order valence-corrected chi connectivity index (χ2v) is 8.65. The lowest BCUT2D eigenvalue weighted by Gasteiger charge is -2.34. The Kier molecular flexibility index (Phi) is 7.10. The summed E-state index contributed by atoms with van der Waals surface area (Å²) in [5.41, 5.74) is 2.52. The van der Waals surface area contributed by atoms with Crippen LogP contribution in [0.1, 0.15) is 48.8 Å². The van der Waals surface area contributed by atoms with Gasteiger partial charge in [-0.15, -0.1) is 0 Å². The van der Waals surface area contributed by atoms with Crippen molar-refractivity contribution in [3.63, 3.8) is 0 Å². The van der Waals surface area contributed by atoms with Gasteiger partial charge in [0.15, 0.2) is 17.3 Å². The number of methoxy groups -OCH3 is 2. The van der Waals surface area contributed by atoms with Crippen LogP contribution in [0.25, 0.3) is 0 Å². The quantitative estimate of drug-likeness (QED) is 0.532. The first-order valence-corrected chi connectivity index (χ1v) is 11.4. The molecule has 9 heteroatoms. The summed E-state index contributed by atoms with van der Waals surface area (Å²) < 4.78 is 55.4. The van der Waals surface area contributed by atoms with Gasteiger partial charge in [0.2, 0.25) is 0 Å². The third-order valence-electron chi connectivity index (χ3n) is 6.35. The molecular formula is C27H26F3NO5. The Morgan fingerprint density at radius 1 is 1.08 bits per heavy atom. The van der Waals surface area contributed by atoms with Crippen molar-refractivity contribution < 1.29 is 37.0 Å². The van der Waals surface area contributed by atoms with Gasteiger partial charge >= 0.3 is 12.1 Å². The Labute approximate surface area is 206 Å². The lowest BCUT2D eigenvalue weighted by molar-refractivity contribution is -0.138. The van der Waals surface area contributed by atoms with E-state index in [2.05, 4.69) is 5.32 Å². The van der Waals surface area contributed by atoms with Gasteiger partial charge in [0, 0.05) is 29.3 Å². The van der Waals surface area contributed by atoms with E-state index in [0.29, 0.717) is 52.3 Å². The van der Waals surface area contributed by atoms with Gasteiger partial charge in [0.25, 0.3) is 0 Å². The number of carbonyl (C=O) groups excluding carboxylic acids is 2. The number of carbonyl (C=O) groups is 2. The molecular weight excluding hydrogens is 475 g/mol. The van der Waals surface area contributed by atoms with Crippen LogP contribution in [0.5, 0.6) is 11.5 Å². The number of alkyl halides is 3. The van der Waals surface area contributed by atoms with Crippen molar-refractivity contribution in [3.8, 4) is 11.5 Å². The largest absolute Gasteiger partial charge is 0.493 e. The summed E-state index contributed by atoms with van der Waals surface area (Å²) in [7, 11) is 2.73. The molecule has 0 saturated carbocycles. The number of hydrogen-bond acceptors (Lipinski definition) is 6. The monoisotopic (exact) mass is 501 g/mol. The number of hydrogen-bond donors (Lipinski definition) is 1. The Hall–Kier alpha value is -3.75. The number of ketones is 1. The van der Waals surface area contributed by atoms with E-state index in [1.165, 1.54) is 20.3 Å². The average Bonchev–Trinajstić information content (AvgIpc) is 2.86. The highest BCUT2D eigenvalue weighted by molar-refractivity contribution is 6.03. The van der Waals surface area contributed by atoms with Crippen LogP contribution in [0, 0.1) is 0 Å². The molecule has 6 nitrogen and oxygen atoms in total. The predicted molar refractivity (Wildman–Crippen MR) is 125 cm³/mol. The zero-order chi connectivity index (χ0) is 26.0. The molecule has 1 heterocycles. The first-order valence-electron chi connectivity index (χ1n) is 11.4. The highest BCUT2D eigenvalue weighted by Gasteiger charge is 2.39. The van der Waals surface area contributed by atoms with Crippen molar-refractivity contribution in [2.45, 2.75) is 44.9 Å². The summed E-state index contributed by atoms with van der Waals surface area (Å²) >= 11 is 0. The highest BCUT2D eigenvalue weighted by Crippen LogP contribution is 2.44. The van der Waals surface area contributed by atoms with Gasteiger partial charge in [-0.05, 0) is 55.2 Å². The fourth-order valence-electron chi connectivity index (χ4n) is 4.68. The zero-order valence-electron chi connectivity index (χ0n) is 20.1. The van der Waals surface area contributed by atoms with E-state index in [4.69, 9.17) is 14.2 Å². The minimum absolute atomic E-state index is 0.0357. The first-order chi connectivity index (χ1) is 17.1.